The first-order chi connectivity index (χ1) is 8.76. The summed E-state index contributed by atoms with van der Waals surface area (Å²) in [5, 5.41) is 3.57. The van der Waals surface area contributed by atoms with Crippen molar-refractivity contribution in [2.24, 2.45) is 0 Å². The second kappa shape index (κ2) is 9.73. The molecular formula is C16H37N3. The van der Waals surface area contributed by atoms with Gasteiger partial charge in [-0.05, 0) is 87.2 Å². The quantitative estimate of drug-likeness (QED) is 0.616. The van der Waals surface area contributed by atoms with Gasteiger partial charge < -0.3 is 15.1 Å². The molecule has 0 spiro atoms. The molecule has 0 bridgehead atoms. The van der Waals surface area contributed by atoms with Crippen molar-refractivity contribution in [3.8, 4) is 0 Å². The molecule has 19 heavy (non-hydrogen) atoms. The molecule has 0 heterocycles. The minimum Gasteiger partial charge on any atom is -0.312 e. The van der Waals surface area contributed by atoms with E-state index in [2.05, 4.69) is 63.8 Å². The molecule has 0 aromatic carbocycles. The lowest BCUT2D eigenvalue weighted by molar-refractivity contribution is 0.196. The highest BCUT2D eigenvalue weighted by atomic mass is 15.1. The first-order valence-electron chi connectivity index (χ1n) is 7.90. The highest BCUT2D eigenvalue weighted by Gasteiger charge is 2.12. The summed E-state index contributed by atoms with van der Waals surface area (Å²) in [6.45, 7) is 16.1. The summed E-state index contributed by atoms with van der Waals surface area (Å²) < 4.78 is 0. The second-order valence-electron chi connectivity index (χ2n) is 6.95. The highest BCUT2D eigenvalue weighted by Crippen LogP contribution is 2.08. The Morgan fingerprint density at radius 1 is 1.05 bits per heavy atom. The lowest BCUT2D eigenvalue weighted by atomic mass is 10.1. The number of hydrogen-bond donors (Lipinski definition) is 1. The van der Waals surface area contributed by atoms with Gasteiger partial charge in [-0.15, -0.1) is 0 Å². The normalized spacial score (nSPS) is 14.4. The summed E-state index contributed by atoms with van der Waals surface area (Å²) in [5.74, 6) is 0. The van der Waals surface area contributed by atoms with Gasteiger partial charge in [-0.25, -0.2) is 0 Å². The van der Waals surface area contributed by atoms with Crippen LogP contribution in [0.15, 0.2) is 0 Å². The lowest BCUT2D eigenvalue weighted by Gasteiger charge is -2.29. The van der Waals surface area contributed by atoms with Gasteiger partial charge in [0.25, 0.3) is 0 Å². The van der Waals surface area contributed by atoms with E-state index in [-0.39, 0.29) is 5.54 Å². The predicted molar refractivity (Wildman–Crippen MR) is 86.9 cm³/mol. The maximum absolute atomic E-state index is 3.57. The molecule has 0 saturated carbocycles. The molecule has 0 aromatic heterocycles. The third kappa shape index (κ3) is 11.4. The van der Waals surface area contributed by atoms with Crippen LogP contribution in [0, 0.1) is 0 Å². The molecule has 0 rings (SSSR count). The van der Waals surface area contributed by atoms with E-state index < -0.39 is 0 Å². The van der Waals surface area contributed by atoms with Crippen molar-refractivity contribution >= 4 is 0 Å². The van der Waals surface area contributed by atoms with Gasteiger partial charge in [0, 0.05) is 11.6 Å². The number of nitrogens with zero attached hydrogens (tertiary/aromatic N) is 2. The van der Waals surface area contributed by atoms with Gasteiger partial charge in [0.1, 0.15) is 0 Å². The van der Waals surface area contributed by atoms with Gasteiger partial charge in [-0.2, -0.15) is 0 Å². The average molecular weight is 271 g/mol. The van der Waals surface area contributed by atoms with Crippen molar-refractivity contribution in [3.05, 3.63) is 0 Å². The van der Waals surface area contributed by atoms with Crippen LogP contribution in [0.1, 0.15) is 53.9 Å². The first kappa shape index (κ1) is 18.9. The number of rotatable bonds is 10. The average Bonchev–Trinajstić information content (AvgIpc) is 2.28. The summed E-state index contributed by atoms with van der Waals surface area (Å²) in [6, 6.07) is 0.703. The first-order valence-corrected chi connectivity index (χ1v) is 7.90. The van der Waals surface area contributed by atoms with Crippen molar-refractivity contribution in [2.45, 2.75) is 65.5 Å². The van der Waals surface area contributed by atoms with Crippen molar-refractivity contribution in [1.29, 1.82) is 0 Å². The van der Waals surface area contributed by atoms with Gasteiger partial charge in [-0.1, -0.05) is 6.92 Å². The van der Waals surface area contributed by atoms with Crippen LogP contribution >= 0.6 is 0 Å². The Balaban J connectivity index is 3.78. The zero-order valence-electron chi connectivity index (χ0n) is 14.4. The van der Waals surface area contributed by atoms with E-state index >= 15 is 0 Å². The van der Waals surface area contributed by atoms with E-state index in [0.29, 0.717) is 6.04 Å². The van der Waals surface area contributed by atoms with Gasteiger partial charge in [0.05, 0.1) is 0 Å². The van der Waals surface area contributed by atoms with E-state index in [0.717, 1.165) is 6.54 Å². The SMILES string of the molecule is CCN(CCCN(C)C)C(C)CCCNC(C)(C)C. The highest BCUT2D eigenvalue weighted by molar-refractivity contribution is 4.72. The molecule has 3 heteroatoms. The molecule has 0 fully saturated rings. The third-order valence-electron chi connectivity index (χ3n) is 3.53. The second-order valence-corrected chi connectivity index (χ2v) is 6.95. The van der Waals surface area contributed by atoms with Gasteiger partial charge >= 0.3 is 0 Å². The molecule has 116 valence electrons. The molecular weight excluding hydrogens is 234 g/mol. The Morgan fingerprint density at radius 2 is 1.68 bits per heavy atom. The van der Waals surface area contributed by atoms with Crippen molar-refractivity contribution in [3.63, 3.8) is 0 Å². The van der Waals surface area contributed by atoms with Gasteiger partial charge in [0.2, 0.25) is 0 Å². The molecule has 1 unspecified atom stereocenters. The monoisotopic (exact) mass is 271 g/mol. The van der Waals surface area contributed by atoms with Crippen LogP contribution in [0.3, 0.4) is 0 Å². The Bertz CT molecular complexity index is 209. The summed E-state index contributed by atoms with van der Waals surface area (Å²) >= 11 is 0. The van der Waals surface area contributed by atoms with Crippen LogP contribution < -0.4 is 5.32 Å². The predicted octanol–water partition coefficient (Wildman–Crippen LogP) is 2.82. The molecule has 0 amide bonds. The topological polar surface area (TPSA) is 18.5 Å². The third-order valence-corrected chi connectivity index (χ3v) is 3.53. The van der Waals surface area contributed by atoms with Crippen LogP contribution in [-0.2, 0) is 0 Å². The number of nitrogens with one attached hydrogen (secondary N) is 1. The Morgan fingerprint density at radius 3 is 2.16 bits per heavy atom. The molecule has 1 atom stereocenters. The lowest BCUT2D eigenvalue weighted by Crippen LogP contribution is -2.38. The fraction of sp³-hybridized carbons (Fsp3) is 1.00. The minimum absolute atomic E-state index is 0.249. The van der Waals surface area contributed by atoms with Crippen molar-refractivity contribution in [1.82, 2.24) is 15.1 Å². The van der Waals surface area contributed by atoms with E-state index in [1.165, 1.54) is 38.9 Å². The van der Waals surface area contributed by atoms with E-state index in [4.69, 9.17) is 0 Å². The van der Waals surface area contributed by atoms with Crippen molar-refractivity contribution < 1.29 is 0 Å². The molecule has 1 N–H and O–H groups in total. The molecule has 0 aliphatic carbocycles. The fourth-order valence-electron chi connectivity index (χ4n) is 2.32. The summed E-state index contributed by atoms with van der Waals surface area (Å²) in [7, 11) is 4.30. The minimum atomic E-state index is 0.249. The van der Waals surface area contributed by atoms with Crippen LogP contribution in [-0.4, -0.2) is 61.7 Å². The summed E-state index contributed by atoms with van der Waals surface area (Å²) in [6.07, 6.45) is 3.83. The van der Waals surface area contributed by atoms with E-state index in [1.54, 1.807) is 0 Å². The Hall–Kier alpha value is -0.120. The van der Waals surface area contributed by atoms with Crippen LogP contribution in [0.25, 0.3) is 0 Å². The molecule has 0 saturated heterocycles. The largest absolute Gasteiger partial charge is 0.312 e. The molecule has 0 radical (unpaired) electrons. The summed E-state index contributed by atoms with van der Waals surface area (Å²) in [4.78, 5) is 4.88. The maximum Gasteiger partial charge on any atom is 0.00965 e. The molecule has 0 aliphatic rings. The molecule has 0 aromatic rings. The Kier molecular flexibility index (Phi) is 9.67. The van der Waals surface area contributed by atoms with Crippen LogP contribution in [0.4, 0.5) is 0 Å². The smallest absolute Gasteiger partial charge is 0.00965 e. The summed E-state index contributed by atoms with van der Waals surface area (Å²) in [5.41, 5.74) is 0.249. The van der Waals surface area contributed by atoms with Crippen molar-refractivity contribution in [2.75, 3.05) is 40.3 Å². The number of hydrogen-bond acceptors (Lipinski definition) is 3. The molecule has 0 aliphatic heterocycles. The maximum atomic E-state index is 3.57. The van der Waals surface area contributed by atoms with E-state index in [9.17, 15) is 0 Å². The van der Waals surface area contributed by atoms with Crippen LogP contribution in [0.2, 0.25) is 0 Å². The van der Waals surface area contributed by atoms with Crippen LogP contribution in [0.5, 0.6) is 0 Å². The zero-order chi connectivity index (χ0) is 14.9. The zero-order valence-corrected chi connectivity index (χ0v) is 14.4. The molecule has 3 nitrogen and oxygen atoms in total. The standard InChI is InChI=1S/C16H37N3/c1-8-19(14-10-13-18(6)7)15(2)11-9-12-17-16(3,4)5/h15,17H,8-14H2,1-7H3. The fourth-order valence-corrected chi connectivity index (χ4v) is 2.32. The van der Waals surface area contributed by atoms with Gasteiger partial charge in [-0.3, -0.25) is 0 Å². The van der Waals surface area contributed by atoms with E-state index in [1.807, 2.05) is 0 Å². The van der Waals surface area contributed by atoms with Gasteiger partial charge in [0.15, 0.2) is 0 Å². The Labute approximate surface area is 121 Å².